The molecule has 158 valence electrons. The molecule has 1 N–H and O–H groups in total. The first-order valence-corrected chi connectivity index (χ1v) is 11.8. The number of tetrazole rings is 1. The number of carbonyl (C=O) groups is 2. The van der Waals surface area contributed by atoms with Gasteiger partial charge in [-0.05, 0) is 40.8 Å². The number of amides is 1. The Morgan fingerprint density at radius 2 is 1.97 bits per heavy atom. The van der Waals surface area contributed by atoms with Crippen LogP contribution in [-0.4, -0.2) is 55.7 Å². The summed E-state index contributed by atoms with van der Waals surface area (Å²) >= 11 is 4.04. The van der Waals surface area contributed by atoms with Crippen molar-refractivity contribution in [1.82, 2.24) is 25.2 Å². The van der Waals surface area contributed by atoms with Crippen LogP contribution in [0, 0.1) is 0 Å². The average molecular weight is 473 g/mol. The van der Waals surface area contributed by atoms with E-state index in [9.17, 15) is 9.59 Å². The summed E-state index contributed by atoms with van der Waals surface area (Å²) in [5.74, 6) is -0.0990. The lowest BCUT2D eigenvalue weighted by molar-refractivity contribution is -0.137. The van der Waals surface area contributed by atoms with Crippen LogP contribution in [0.25, 0.3) is 15.9 Å². The predicted molar refractivity (Wildman–Crippen MR) is 121 cm³/mol. The normalized spacial score (nSPS) is 10.9. The van der Waals surface area contributed by atoms with E-state index in [0.29, 0.717) is 10.8 Å². The van der Waals surface area contributed by atoms with Gasteiger partial charge in [-0.25, -0.2) is 4.98 Å². The van der Waals surface area contributed by atoms with Crippen LogP contribution in [0.15, 0.2) is 58.0 Å². The van der Waals surface area contributed by atoms with Gasteiger partial charge in [0.15, 0.2) is 4.34 Å². The van der Waals surface area contributed by atoms with Crippen LogP contribution < -0.4 is 5.32 Å². The summed E-state index contributed by atoms with van der Waals surface area (Å²) in [6, 6.07) is 15.0. The molecule has 0 fully saturated rings. The zero-order valence-electron chi connectivity index (χ0n) is 16.2. The lowest BCUT2D eigenvalue weighted by Crippen LogP contribution is -2.14. The van der Waals surface area contributed by atoms with E-state index in [1.165, 1.54) is 42.0 Å². The molecule has 4 rings (SSSR count). The Morgan fingerprint density at radius 3 is 2.77 bits per heavy atom. The fraction of sp³-hybridized carbons (Fsp3) is 0.158. The highest BCUT2D eigenvalue weighted by Crippen LogP contribution is 2.31. The van der Waals surface area contributed by atoms with Gasteiger partial charge in [-0.2, -0.15) is 4.68 Å². The Balaban J connectivity index is 1.37. The number of hydrogen-bond donors (Lipinski definition) is 1. The van der Waals surface area contributed by atoms with Crippen molar-refractivity contribution in [3.05, 3.63) is 48.5 Å². The van der Waals surface area contributed by atoms with Crippen LogP contribution in [0.1, 0.15) is 0 Å². The van der Waals surface area contributed by atoms with E-state index in [2.05, 4.69) is 30.6 Å². The van der Waals surface area contributed by atoms with E-state index >= 15 is 0 Å². The standard InChI is InChI=1S/C19H16N6O3S3/c1-28-17(27)11-30-19-21-14-8-7-12(9-15(14)31-19)20-16(26)10-29-18-22-23-24-25(18)13-5-3-2-4-6-13/h2-9H,10-11H2,1H3,(H,20,26). The molecule has 4 aromatic rings. The fourth-order valence-corrected chi connectivity index (χ4v) is 5.18. The minimum Gasteiger partial charge on any atom is -0.468 e. The first-order valence-electron chi connectivity index (χ1n) is 8.99. The molecule has 0 saturated carbocycles. The molecule has 2 heterocycles. The van der Waals surface area contributed by atoms with Gasteiger partial charge < -0.3 is 10.1 Å². The van der Waals surface area contributed by atoms with Gasteiger partial charge in [-0.3, -0.25) is 9.59 Å². The third kappa shape index (κ3) is 5.40. The number of aromatic nitrogens is 5. The number of rotatable bonds is 8. The lowest BCUT2D eigenvalue weighted by atomic mass is 10.3. The van der Waals surface area contributed by atoms with Crippen LogP contribution in [-0.2, 0) is 14.3 Å². The van der Waals surface area contributed by atoms with Crippen molar-refractivity contribution in [3.63, 3.8) is 0 Å². The zero-order chi connectivity index (χ0) is 21.6. The third-order valence-electron chi connectivity index (χ3n) is 3.97. The molecular weight excluding hydrogens is 456 g/mol. The molecule has 2 aromatic carbocycles. The predicted octanol–water partition coefficient (Wildman–Crippen LogP) is 3.27. The summed E-state index contributed by atoms with van der Waals surface area (Å²) in [5, 5.41) is 15.1. The molecule has 0 aliphatic rings. The number of fused-ring (bicyclic) bond motifs is 1. The first kappa shape index (κ1) is 21.3. The minimum atomic E-state index is -0.298. The largest absolute Gasteiger partial charge is 0.468 e. The number of carbonyl (C=O) groups excluding carboxylic acids is 2. The van der Waals surface area contributed by atoms with Crippen molar-refractivity contribution in [3.8, 4) is 5.69 Å². The fourth-order valence-electron chi connectivity index (χ4n) is 2.55. The Labute approximate surface area is 189 Å². The Morgan fingerprint density at radius 1 is 1.13 bits per heavy atom. The molecule has 9 nitrogen and oxygen atoms in total. The maximum atomic E-state index is 12.4. The number of thiazole rings is 1. The first-order chi connectivity index (χ1) is 15.1. The minimum absolute atomic E-state index is 0.161. The summed E-state index contributed by atoms with van der Waals surface area (Å²) < 4.78 is 7.93. The van der Waals surface area contributed by atoms with Crippen molar-refractivity contribution >= 4 is 62.6 Å². The smallest absolute Gasteiger partial charge is 0.316 e. The van der Waals surface area contributed by atoms with Gasteiger partial charge in [0.2, 0.25) is 11.1 Å². The zero-order valence-corrected chi connectivity index (χ0v) is 18.7. The van der Waals surface area contributed by atoms with Crippen LogP contribution in [0.3, 0.4) is 0 Å². The van der Waals surface area contributed by atoms with Crippen LogP contribution in [0.4, 0.5) is 5.69 Å². The number of hydrogen-bond acceptors (Lipinski definition) is 10. The molecule has 31 heavy (non-hydrogen) atoms. The molecule has 0 radical (unpaired) electrons. The average Bonchev–Trinajstić information content (AvgIpc) is 3.43. The lowest BCUT2D eigenvalue weighted by Gasteiger charge is -2.06. The summed E-state index contributed by atoms with van der Waals surface area (Å²) in [4.78, 5) is 28.2. The van der Waals surface area contributed by atoms with Gasteiger partial charge in [0.05, 0.1) is 34.5 Å². The van der Waals surface area contributed by atoms with E-state index in [1.807, 2.05) is 42.5 Å². The monoisotopic (exact) mass is 472 g/mol. The van der Waals surface area contributed by atoms with E-state index in [1.54, 1.807) is 10.7 Å². The Bertz CT molecular complexity index is 1210. The van der Waals surface area contributed by atoms with E-state index in [4.69, 9.17) is 0 Å². The summed E-state index contributed by atoms with van der Waals surface area (Å²) in [6.07, 6.45) is 0. The second-order valence-electron chi connectivity index (χ2n) is 6.07. The molecule has 0 aliphatic heterocycles. The topological polar surface area (TPSA) is 112 Å². The second kappa shape index (κ2) is 9.90. The second-order valence-corrected chi connectivity index (χ2v) is 9.27. The number of esters is 1. The van der Waals surface area contributed by atoms with Crippen molar-refractivity contribution in [1.29, 1.82) is 0 Å². The number of para-hydroxylation sites is 1. The highest BCUT2D eigenvalue weighted by atomic mass is 32.2. The number of ether oxygens (including phenoxy) is 1. The van der Waals surface area contributed by atoms with Crippen molar-refractivity contribution < 1.29 is 14.3 Å². The SMILES string of the molecule is COC(=O)CSc1nc2ccc(NC(=O)CSc3nnnn3-c3ccccc3)cc2s1. The molecule has 0 unspecified atom stereocenters. The Hall–Kier alpha value is -2.96. The van der Waals surface area contributed by atoms with Gasteiger partial charge in [0.1, 0.15) is 0 Å². The van der Waals surface area contributed by atoms with Crippen molar-refractivity contribution in [2.75, 3.05) is 23.9 Å². The molecule has 2 aromatic heterocycles. The van der Waals surface area contributed by atoms with Gasteiger partial charge >= 0.3 is 5.97 Å². The molecule has 0 aliphatic carbocycles. The van der Waals surface area contributed by atoms with E-state index < -0.39 is 0 Å². The maximum absolute atomic E-state index is 12.4. The summed E-state index contributed by atoms with van der Waals surface area (Å²) in [5.41, 5.74) is 2.31. The van der Waals surface area contributed by atoms with Gasteiger partial charge in [-0.1, -0.05) is 41.7 Å². The maximum Gasteiger partial charge on any atom is 0.316 e. The van der Waals surface area contributed by atoms with Crippen LogP contribution >= 0.6 is 34.9 Å². The number of methoxy groups -OCH3 is 1. The molecular formula is C19H16N6O3S3. The van der Waals surface area contributed by atoms with Gasteiger partial charge in [-0.15, -0.1) is 16.4 Å². The number of benzene rings is 2. The number of thioether (sulfide) groups is 2. The Kier molecular flexibility index (Phi) is 6.79. The number of nitrogens with one attached hydrogen (secondary N) is 1. The molecule has 0 atom stereocenters. The van der Waals surface area contributed by atoms with Crippen LogP contribution in [0.5, 0.6) is 0 Å². The molecule has 0 bridgehead atoms. The summed E-state index contributed by atoms with van der Waals surface area (Å²) in [7, 11) is 1.36. The number of nitrogens with zero attached hydrogens (tertiary/aromatic N) is 5. The molecule has 0 spiro atoms. The van der Waals surface area contributed by atoms with Crippen LogP contribution in [0.2, 0.25) is 0 Å². The van der Waals surface area contributed by atoms with E-state index in [-0.39, 0.29) is 23.4 Å². The highest BCUT2D eigenvalue weighted by molar-refractivity contribution is 8.01. The summed E-state index contributed by atoms with van der Waals surface area (Å²) in [6.45, 7) is 0. The third-order valence-corrected chi connectivity index (χ3v) is 7.02. The molecule has 12 heteroatoms. The van der Waals surface area contributed by atoms with Gasteiger partial charge in [0, 0.05) is 5.69 Å². The van der Waals surface area contributed by atoms with Crippen molar-refractivity contribution in [2.24, 2.45) is 0 Å². The van der Waals surface area contributed by atoms with E-state index in [0.717, 1.165) is 20.2 Å². The molecule has 1 amide bonds. The highest BCUT2D eigenvalue weighted by Gasteiger charge is 2.13. The van der Waals surface area contributed by atoms with Crippen molar-refractivity contribution in [2.45, 2.75) is 9.50 Å². The van der Waals surface area contributed by atoms with Gasteiger partial charge in [0.25, 0.3) is 0 Å². The number of anilines is 1. The molecule has 0 saturated heterocycles. The quantitative estimate of drug-likeness (QED) is 0.305.